The van der Waals surface area contributed by atoms with Crippen LogP contribution in [0, 0.1) is 19.3 Å². The molecule has 29 heavy (non-hydrogen) atoms. The Kier molecular flexibility index (Phi) is 6.57. The van der Waals surface area contributed by atoms with Crippen LogP contribution in [0.1, 0.15) is 36.5 Å². The molecule has 0 radical (unpaired) electrons. The number of rotatable bonds is 5. The Morgan fingerprint density at radius 2 is 1.76 bits per heavy atom. The van der Waals surface area contributed by atoms with Crippen molar-refractivity contribution in [1.82, 2.24) is 4.90 Å². The molecule has 0 aromatic heterocycles. The molecule has 0 unspecified atom stereocenters. The second kappa shape index (κ2) is 9.12. The van der Waals surface area contributed by atoms with Crippen LogP contribution in [-0.4, -0.2) is 36.6 Å². The molecule has 0 aliphatic carbocycles. The number of aryl methyl sites for hydroxylation is 2. The summed E-state index contributed by atoms with van der Waals surface area (Å²) in [7, 11) is 0. The molecule has 1 aliphatic rings. The van der Waals surface area contributed by atoms with E-state index in [0.29, 0.717) is 32.5 Å². The first-order valence-electron chi connectivity index (χ1n) is 10.3. The third-order valence-electron chi connectivity index (χ3n) is 5.67. The van der Waals surface area contributed by atoms with Gasteiger partial charge < -0.3 is 15.0 Å². The Balaban J connectivity index is 1.82. The maximum Gasteiger partial charge on any atom is 0.321 e. The van der Waals surface area contributed by atoms with Gasteiger partial charge in [-0.1, -0.05) is 48.5 Å². The van der Waals surface area contributed by atoms with Gasteiger partial charge in [0.1, 0.15) is 0 Å². The molecule has 1 heterocycles. The second-order valence-electron chi connectivity index (χ2n) is 7.89. The molecule has 3 rings (SSSR count). The summed E-state index contributed by atoms with van der Waals surface area (Å²) in [4.78, 5) is 27.8. The fraction of sp³-hybridized carbons (Fsp3) is 0.417. The number of esters is 1. The lowest BCUT2D eigenvalue weighted by molar-refractivity contribution is -0.158. The number of ether oxygens (including phenoxy) is 1. The van der Waals surface area contributed by atoms with E-state index in [4.69, 9.17) is 4.74 Å². The molecule has 1 N–H and O–H groups in total. The molecule has 154 valence electrons. The fourth-order valence-corrected chi connectivity index (χ4v) is 4.16. The molecule has 2 aromatic rings. The highest BCUT2D eigenvalue weighted by Gasteiger charge is 2.44. The van der Waals surface area contributed by atoms with E-state index < -0.39 is 5.41 Å². The predicted octanol–water partition coefficient (Wildman–Crippen LogP) is 4.72. The first-order valence-corrected chi connectivity index (χ1v) is 10.3. The Labute approximate surface area is 173 Å². The Hall–Kier alpha value is -2.82. The van der Waals surface area contributed by atoms with Crippen molar-refractivity contribution >= 4 is 17.7 Å². The number of benzene rings is 2. The Bertz CT molecular complexity index is 845. The molecule has 2 aromatic carbocycles. The number of nitrogens with one attached hydrogen (secondary N) is 1. The predicted molar refractivity (Wildman–Crippen MR) is 115 cm³/mol. The lowest BCUT2D eigenvalue weighted by Gasteiger charge is -2.41. The number of carbonyl (C=O) groups excluding carboxylic acids is 2. The zero-order valence-electron chi connectivity index (χ0n) is 17.5. The molecule has 1 aliphatic heterocycles. The average Bonchev–Trinajstić information content (AvgIpc) is 2.72. The van der Waals surface area contributed by atoms with Gasteiger partial charge in [0.05, 0.1) is 12.0 Å². The van der Waals surface area contributed by atoms with Crippen LogP contribution < -0.4 is 5.32 Å². The zero-order valence-corrected chi connectivity index (χ0v) is 17.5. The zero-order chi connectivity index (χ0) is 20.9. The molecule has 0 bridgehead atoms. The van der Waals surface area contributed by atoms with Crippen LogP contribution in [0.25, 0.3) is 0 Å². The van der Waals surface area contributed by atoms with Gasteiger partial charge in [0.2, 0.25) is 0 Å². The van der Waals surface area contributed by atoms with Crippen molar-refractivity contribution in [3.63, 3.8) is 0 Å². The summed E-state index contributed by atoms with van der Waals surface area (Å²) in [5.41, 5.74) is 3.26. The largest absolute Gasteiger partial charge is 0.466 e. The van der Waals surface area contributed by atoms with Gasteiger partial charge in [-0.2, -0.15) is 0 Å². The van der Waals surface area contributed by atoms with Crippen molar-refractivity contribution in [2.24, 2.45) is 5.41 Å². The van der Waals surface area contributed by atoms with Crippen LogP contribution in [-0.2, 0) is 16.0 Å². The average molecular weight is 395 g/mol. The highest BCUT2D eigenvalue weighted by molar-refractivity contribution is 5.91. The van der Waals surface area contributed by atoms with Crippen molar-refractivity contribution in [1.29, 1.82) is 0 Å². The number of nitrogens with zero attached hydrogens (tertiary/aromatic N) is 1. The summed E-state index contributed by atoms with van der Waals surface area (Å²) in [6, 6.07) is 15.7. The number of likely N-dealkylation sites (tertiary alicyclic amines) is 1. The number of piperidine rings is 1. The number of para-hydroxylation sites is 1. The van der Waals surface area contributed by atoms with E-state index in [1.807, 2.05) is 69.3 Å². The number of carbonyl (C=O) groups is 2. The van der Waals surface area contributed by atoms with Gasteiger partial charge in [0.15, 0.2) is 0 Å². The van der Waals surface area contributed by atoms with Crippen molar-refractivity contribution in [3.05, 3.63) is 65.2 Å². The van der Waals surface area contributed by atoms with Gasteiger partial charge in [-0.15, -0.1) is 0 Å². The van der Waals surface area contributed by atoms with Gasteiger partial charge in [-0.25, -0.2) is 4.79 Å². The third-order valence-corrected chi connectivity index (χ3v) is 5.67. The van der Waals surface area contributed by atoms with E-state index in [1.54, 1.807) is 4.90 Å². The van der Waals surface area contributed by atoms with Crippen LogP contribution in [0.4, 0.5) is 10.5 Å². The summed E-state index contributed by atoms with van der Waals surface area (Å²) in [5, 5.41) is 3.06. The van der Waals surface area contributed by atoms with E-state index in [2.05, 4.69) is 5.32 Å². The highest BCUT2D eigenvalue weighted by Crippen LogP contribution is 2.36. The van der Waals surface area contributed by atoms with Crippen molar-refractivity contribution in [2.75, 3.05) is 25.0 Å². The summed E-state index contributed by atoms with van der Waals surface area (Å²) in [6.45, 7) is 7.12. The van der Waals surface area contributed by atoms with Gasteiger partial charge >= 0.3 is 12.0 Å². The first-order chi connectivity index (χ1) is 13.9. The van der Waals surface area contributed by atoms with Crippen LogP contribution >= 0.6 is 0 Å². The maximum atomic E-state index is 13.1. The van der Waals surface area contributed by atoms with E-state index in [1.165, 1.54) is 0 Å². The molecule has 2 amide bonds. The maximum absolute atomic E-state index is 13.1. The molecule has 5 heteroatoms. The lowest BCUT2D eigenvalue weighted by atomic mass is 9.75. The van der Waals surface area contributed by atoms with E-state index in [9.17, 15) is 9.59 Å². The topological polar surface area (TPSA) is 58.6 Å². The monoisotopic (exact) mass is 394 g/mol. The molecular weight excluding hydrogens is 364 g/mol. The minimum Gasteiger partial charge on any atom is -0.466 e. The number of hydrogen-bond acceptors (Lipinski definition) is 3. The van der Waals surface area contributed by atoms with Crippen LogP contribution in [0.15, 0.2) is 48.5 Å². The number of urea groups is 1. The standard InChI is InChI=1S/C24H30N2O3/c1-4-29-22(27)24(16-20-12-6-5-7-13-20)14-9-15-26(17-24)23(28)25-21-18(2)10-8-11-19(21)3/h5-8,10-13H,4,9,14-17H2,1-3H3,(H,25,28)/t24-/m1/s1. The third kappa shape index (κ3) is 4.78. The van der Waals surface area contributed by atoms with Crippen molar-refractivity contribution < 1.29 is 14.3 Å². The van der Waals surface area contributed by atoms with Gasteiger partial charge in [0, 0.05) is 18.8 Å². The lowest BCUT2D eigenvalue weighted by Crippen LogP contribution is -2.52. The smallest absolute Gasteiger partial charge is 0.321 e. The van der Waals surface area contributed by atoms with Crippen LogP contribution in [0.5, 0.6) is 0 Å². The normalized spacial score (nSPS) is 18.9. The van der Waals surface area contributed by atoms with Gasteiger partial charge in [-0.3, -0.25) is 4.79 Å². The van der Waals surface area contributed by atoms with E-state index >= 15 is 0 Å². The second-order valence-corrected chi connectivity index (χ2v) is 7.89. The molecule has 0 spiro atoms. The van der Waals surface area contributed by atoms with Gasteiger partial charge in [0.25, 0.3) is 0 Å². The Morgan fingerprint density at radius 3 is 2.41 bits per heavy atom. The highest BCUT2D eigenvalue weighted by atomic mass is 16.5. The summed E-state index contributed by atoms with van der Waals surface area (Å²) >= 11 is 0. The minimum atomic E-state index is -0.715. The van der Waals surface area contributed by atoms with Crippen LogP contribution in [0.2, 0.25) is 0 Å². The molecular formula is C24H30N2O3. The Morgan fingerprint density at radius 1 is 1.07 bits per heavy atom. The van der Waals surface area contributed by atoms with Gasteiger partial charge in [-0.05, 0) is 56.7 Å². The number of hydrogen-bond donors (Lipinski definition) is 1. The quantitative estimate of drug-likeness (QED) is 0.746. The van der Waals surface area contributed by atoms with Crippen molar-refractivity contribution in [3.8, 4) is 0 Å². The van der Waals surface area contributed by atoms with E-state index in [0.717, 1.165) is 28.8 Å². The number of anilines is 1. The van der Waals surface area contributed by atoms with Crippen molar-refractivity contribution in [2.45, 2.75) is 40.0 Å². The van der Waals surface area contributed by atoms with Crippen LogP contribution in [0.3, 0.4) is 0 Å². The fourth-order valence-electron chi connectivity index (χ4n) is 4.16. The minimum absolute atomic E-state index is 0.163. The molecule has 1 atom stereocenters. The first kappa shape index (κ1) is 20.9. The summed E-state index contributed by atoms with van der Waals surface area (Å²) in [6.07, 6.45) is 2.06. The molecule has 5 nitrogen and oxygen atoms in total. The summed E-state index contributed by atoms with van der Waals surface area (Å²) < 4.78 is 5.44. The molecule has 0 saturated carbocycles. The SMILES string of the molecule is CCOC(=O)[C@@]1(Cc2ccccc2)CCCN(C(=O)Nc2c(C)cccc2C)C1. The van der Waals surface area contributed by atoms with E-state index in [-0.39, 0.29) is 12.0 Å². The summed E-state index contributed by atoms with van der Waals surface area (Å²) in [5.74, 6) is -0.214. The number of amides is 2. The molecule has 1 fully saturated rings. The molecule has 1 saturated heterocycles.